The molecule has 2 heterocycles. The van der Waals surface area contributed by atoms with Gasteiger partial charge in [0, 0.05) is 6.07 Å². The fraction of sp³-hybridized carbons (Fsp3) is 0.200. The quantitative estimate of drug-likeness (QED) is 0.880. The van der Waals surface area contributed by atoms with Crippen LogP contribution in [0.1, 0.15) is 5.76 Å². The Morgan fingerprint density at radius 2 is 2.23 bits per heavy atom. The number of anilines is 1. The number of nitrogens with one attached hydrogen (secondary N) is 1. The summed E-state index contributed by atoms with van der Waals surface area (Å²) in [7, 11) is 0. The maximum atomic E-state index is 12.0. The Bertz CT molecular complexity index is 696. The van der Waals surface area contributed by atoms with Gasteiger partial charge in [-0.1, -0.05) is 0 Å². The van der Waals surface area contributed by atoms with E-state index < -0.39 is 0 Å². The molecule has 1 aliphatic heterocycles. The number of furan rings is 1. The standard InChI is InChI=1S/C15H14N2O5/c18-10-3-4-13-12(6-10)17(15(20)9-22-13)8-14(19)16-7-11-2-1-5-21-11/h1-6,18H,7-9H2,(H,16,19). The van der Waals surface area contributed by atoms with E-state index in [1.54, 1.807) is 18.2 Å². The molecule has 2 amide bonds. The van der Waals surface area contributed by atoms with Gasteiger partial charge in [-0.2, -0.15) is 0 Å². The minimum atomic E-state index is -0.341. The van der Waals surface area contributed by atoms with Gasteiger partial charge in [0.25, 0.3) is 5.91 Å². The number of aromatic hydroxyl groups is 1. The molecule has 1 aliphatic rings. The first-order valence-corrected chi connectivity index (χ1v) is 6.69. The minimum Gasteiger partial charge on any atom is -0.508 e. The SMILES string of the molecule is O=C(CN1C(=O)COc2ccc(O)cc21)NCc1ccco1. The molecule has 22 heavy (non-hydrogen) atoms. The molecule has 1 aromatic carbocycles. The Hall–Kier alpha value is -2.96. The molecule has 0 saturated carbocycles. The summed E-state index contributed by atoms with van der Waals surface area (Å²) in [6.45, 7) is -0.0418. The molecular formula is C15H14N2O5. The zero-order chi connectivity index (χ0) is 15.5. The summed E-state index contributed by atoms with van der Waals surface area (Å²) in [4.78, 5) is 25.2. The van der Waals surface area contributed by atoms with Crippen LogP contribution in [0, 0.1) is 0 Å². The molecule has 0 bridgehead atoms. The molecule has 0 fully saturated rings. The highest BCUT2D eigenvalue weighted by Crippen LogP contribution is 2.34. The highest BCUT2D eigenvalue weighted by molar-refractivity contribution is 6.02. The molecule has 114 valence electrons. The summed E-state index contributed by atoms with van der Waals surface area (Å²) >= 11 is 0. The second-order valence-corrected chi connectivity index (χ2v) is 4.78. The van der Waals surface area contributed by atoms with Crippen LogP contribution in [0.5, 0.6) is 11.5 Å². The zero-order valence-electron chi connectivity index (χ0n) is 11.6. The van der Waals surface area contributed by atoms with Crippen LogP contribution >= 0.6 is 0 Å². The Morgan fingerprint density at radius 1 is 1.36 bits per heavy atom. The van der Waals surface area contributed by atoms with Gasteiger partial charge in [0.15, 0.2) is 6.61 Å². The highest BCUT2D eigenvalue weighted by Gasteiger charge is 2.27. The molecule has 0 unspecified atom stereocenters. The number of phenolic OH excluding ortho intramolecular Hbond substituents is 1. The Balaban J connectivity index is 1.70. The molecule has 0 radical (unpaired) electrons. The molecule has 7 heteroatoms. The topological polar surface area (TPSA) is 92.0 Å². The molecule has 7 nitrogen and oxygen atoms in total. The third kappa shape index (κ3) is 2.88. The molecule has 0 aliphatic carbocycles. The lowest BCUT2D eigenvalue weighted by Crippen LogP contribution is -2.45. The minimum absolute atomic E-state index is 0.00181. The van der Waals surface area contributed by atoms with Gasteiger partial charge in [-0.15, -0.1) is 0 Å². The van der Waals surface area contributed by atoms with E-state index in [0.29, 0.717) is 17.2 Å². The van der Waals surface area contributed by atoms with Gasteiger partial charge in [-0.05, 0) is 24.3 Å². The largest absolute Gasteiger partial charge is 0.508 e. The third-order valence-corrected chi connectivity index (χ3v) is 3.23. The number of ether oxygens (including phenoxy) is 1. The lowest BCUT2D eigenvalue weighted by molar-refractivity contribution is -0.125. The van der Waals surface area contributed by atoms with E-state index in [9.17, 15) is 14.7 Å². The second kappa shape index (κ2) is 5.80. The number of fused-ring (bicyclic) bond motifs is 1. The summed E-state index contributed by atoms with van der Waals surface area (Å²) in [5.41, 5.74) is 0.379. The fourth-order valence-corrected chi connectivity index (χ4v) is 2.16. The van der Waals surface area contributed by atoms with Crippen molar-refractivity contribution in [2.24, 2.45) is 0 Å². The van der Waals surface area contributed by atoms with Crippen molar-refractivity contribution in [2.45, 2.75) is 6.54 Å². The monoisotopic (exact) mass is 302 g/mol. The van der Waals surface area contributed by atoms with E-state index >= 15 is 0 Å². The van der Waals surface area contributed by atoms with Crippen LogP contribution in [0.2, 0.25) is 0 Å². The van der Waals surface area contributed by atoms with E-state index in [1.807, 2.05) is 0 Å². The maximum Gasteiger partial charge on any atom is 0.265 e. The number of amides is 2. The van der Waals surface area contributed by atoms with E-state index in [1.165, 1.54) is 23.3 Å². The van der Waals surface area contributed by atoms with Gasteiger partial charge in [-0.25, -0.2) is 0 Å². The van der Waals surface area contributed by atoms with Crippen LogP contribution in [0.4, 0.5) is 5.69 Å². The molecule has 0 saturated heterocycles. The summed E-state index contributed by atoms with van der Waals surface area (Å²) in [5, 5.41) is 12.2. The maximum absolute atomic E-state index is 12.0. The number of hydrogen-bond donors (Lipinski definition) is 2. The van der Waals surface area contributed by atoms with Gasteiger partial charge >= 0.3 is 0 Å². The predicted molar refractivity (Wildman–Crippen MR) is 76.5 cm³/mol. The molecular weight excluding hydrogens is 288 g/mol. The number of nitrogens with zero attached hydrogens (tertiary/aromatic N) is 1. The van der Waals surface area contributed by atoms with E-state index in [4.69, 9.17) is 9.15 Å². The van der Waals surface area contributed by atoms with Crippen molar-refractivity contribution in [3.05, 3.63) is 42.4 Å². The van der Waals surface area contributed by atoms with Crippen molar-refractivity contribution in [1.29, 1.82) is 0 Å². The van der Waals surface area contributed by atoms with Crippen LogP contribution in [0.3, 0.4) is 0 Å². The molecule has 0 spiro atoms. The first kappa shape index (κ1) is 14.0. The number of carbonyl (C=O) groups excluding carboxylic acids is 2. The lowest BCUT2D eigenvalue weighted by Gasteiger charge is -2.28. The van der Waals surface area contributed by atoms with Gasteiger partial charge < -0.3 is 19.6 Å². The van der Waals surface area contributed by atoms with E-state index in [-0.39, 0.29) is 37.3 Å². The van der Waals surface area contributed by atoms with Crippen molar-refractivity contribution in [3.63, 3.8) is 0 Å². The zero-order valence-corrected chi connectivity index (χ0v) is 11.6. The predicted octanol–water partition coefficient (Wildman–Crippen LogP) is 1.03. The molecule has 2 N–H and O–H groups in total. The first-order valence-electron chi connectivity index (χ1n) is 6.69. The summed E-state index contributed by atoms with van der Waals surface area (Å²) < 4.78 is 10.4. The average molecular weight is 302 g/mol. The summed E-state index contributed by atoms with van der Waals surface area (Å²) in [6.07, 6.45) is 1.52. The van der Waals surface area contributed by atoms with Gasteiger partial charge in [0.05, 0.1) is 18.5 Å². The highest BCUT2D eigenvalue weighted by atomic mass is 16.5. The number of rotatable bonds is 4. The fourth-order valence-electron chi connectivity index (χ4n) is 2.16. The lowest BCUT2D eigenvalue weighted by atomic mass is 10.2. The third-order valence-electron chi connectivity index (χ3n) is 3.23. The summed E-state index contributed by atoms with van der Waals surface area (Å²) in [5.74, 6) is 0.404. The van der Waals surface area contributed by atoms with Crippen LogP contribution in [-0.2, 0) is 16.1 Å². The Kier molecular flexibility index (Phi) is 3.69. The number of hydrogen-bond acceptors (Lipinski definition) is 5. The van der Waals surface area contributed by atoms with Crippen molar-refractivity contribution >= 4 is 17.5 Å². The van der Waals surface area contributed by atoms with Crippen LogP contribution in [-0.4, -0.2) is 30.1 Å². The van der Waals surface area contributed by atoms with Gasteiger partial charge in [0.1, 0.15) is 23.8 Å². The van der Waals surface area contributed by atoms with Crippen molar-refractivity contribution in [1.82, 2.24) is 5.32 Å². The molecule has 3 rings (SSSR count). The normalized spacial score (nSPS) is 13.5. The van der Waals surface area contributed by atoms with Crippen molar-refractivity contribution in [3.8, 4) is 11.5 Å². The van der Waals surface area contributed by atoms with Crippen LogP contribution < -0.4 is 15.0 Å². The van der Waals surface area contributed by atoms with Crippen molar-refractivity contribution in [2.75, 3.05) is 18.1 Å². The molecule has 0 atom stereocenters. The smallest absolute Gasteiger partial charge is 0.265 e. The van der Waals surface area contributed by atoms with Crippen LogP contribution in [0.25, 0.3) is 0 Å². The molecule has 1 aromatic heterocycles. The number of phenols is 1. The van der Waals surface area contributed by atoms with Crippen molar-refractivity contribution < 1.29 is 23.8 Å². The van der Waals surface area contributed by atoms with Gasteiger partial charge in [0.2, 0.25) is 5.91 Å². The van der Waals surface area contributed by atoms with Crippen LogP contribution in [0.15, 0.2) is 41.0 Å². The number of carbonyl (C=O) groups is 2. The van der Waals surface area contributed by atoms with Gasteiger partial charge in [-0.3, -0.25) is 14.5 Å². The first-order chi connectivity index (χ1) is 10.6. The number of benzene rings is 1. The van der Waals surface area contributed by atoms with E-state index in [0.717, 1.165) is 0 Å². The summed E-state index contributed by atoms with van der Waals surface area (Å²) in [6, 6.07) is 7.89. The average Bonchev–Trinajstić information content (AvgIpc) is 3.02. The Labute approximate surface area is 126 Å². The molecule has 2 aromatic rings. The van der Waals surface area contributed by atoms with E-state index in [2.05, 4.69) is 5.32 Å². The Morgan fingerprint density at radius 3 is 3.00 bits per heavy atom. The second-order valence-electron chi connectivity index (χ2n) is 4.78.